The fourth-order valence-electron chi connectivity index (χ4n) is 1.96. The predicted octanol–water partition coefficient (Wildman–Crippen LogP) is 2.87. The van der Waals surface area contributed by atoms with Gasteiger partial charge >= 0.3 is 0 Å². The third-order valence-corrected chi connectivity index (χ3v) is 3.53. The number of halogens is 1. The number of rotatable bonds is 4. The number of nitrogens with zero attached hydrogens (tertiary/aromatic N) is 2. The summed E-state index contributed by atoms with van der Waals surface area (Å²) in [5.74, 6) is 1.81. The second-order valence-electron chi connectivity index (χ2n) is 4.88. The topological polar surface area (TPSA) is 62.3 Å². The molecule has 0 spiro atoms. The SMILES string of the molecule is COc1cc(-c2cc(N)n(C)n2)cc(Cl)c1OC1CC1. The molecule has 2 N–H and O–H groups in total. The molecule has 0 unspecified atom stereocenters. The number of hydrogen-bond acceptors (Lipinski definition) is 4. The summed E-state index contributed by atoms with van der Waals surface area (Å²) in [6, 6.07) is 5.49. The Hall–Kier alpha value is -1.88. The van der Waals surface area contributed by atoms with Crippen LogP contribution in [-0.4, -0.2) is 23.0 Å². The van der Waals surface area contributed by atoms with Gasteiger partial charge < -0.3 is 15.2 Å². The van der Waals surface area contributed by atoms with E-state index in [1.54, 1.807) is 24.9 Å². The average Bonchev–Trinajstić information content (AvgIpc) is 3.17. The second kappa shape index (κ2) is 4.90. The van der Waals surface area contributed by atoms with Crippen LogP contribution in [0.4, 0.5) is 5.82 Å². The van der Waals surface area contributed by atoms with Gasteiger partial charge in [0, 0.05) is 18.7 Å². The molecule has 1 aromatic carbocycles. The first-order chi connectivity index (χ1) is 9.58. The number of nitrogens with two attached hydrogens (primary N) is 1. The molecule has 1 aromatic heterocycles. The summed E-state index contributed by atoms with van der Waals surface area (Å²) in [6.45, 7) is 0. The van der Waals surface area contributed by atoms with Crippen molar-refractivity contribution in [3.8, 4) is 22.8 Å². The van der Waals surface area contributed by atoms with Gasteiger partial charge in [-0.15, -0.1) is 0 Å². The third kappa shape index (κ3) is 2.41. The summed E-state index contributed by atoms with van der Waals surface area (Å²) in [5, 5.41) is 4.86. The first kappa shape index (κ1) is 13.1. The van der Waals surface area contributed by atoms with Crippen LogP contribution in [0.15, 0.2) is 18.2 Å². The lowest BCUT2D eigenvalue weighted by atomic mass is 10.1. The van der Waals surface area contributed by atoms with Crippen molar-refractivity contribution >= 4 is 17.4 Å². The van der Waals surface area contributed by atoms with Crippen molar-refractivity contribution in [3.05, 3.63) is 23.2 Å². The molecule has 0 radical (unpaired) electrons. The summed E-state index contributed by atoms with van der Waals surface area (Å²) in [7, 11) is 3.39. The Morgan fingerprint density at radius 1 is 1.35 bits per heavy atom. The molecule has 0 atom stereocenters. The first-order valence-electron chi connectivity index (χ1n) is 6.42. The Kier molecular flexibility index (Phi) is 3.22. The minimum atomic E-state index is 0.262. The van der Waals surface area contributed by atoms with Crippen molar-refractivity contribution < 1.29 is 9.47 Å². The zero-order valence-corrected chi connectivity index (χ0v) is 12.1. The first-order valence-corrected chi connectivity index (χ1v) is 6.80. The maximum atomic E-state index is 6.31. The molecule has 1 heterocycles. The van der Waals surface area contributed by atoms with Crippen LogP contribution in [-0.2, 0) is 7.05 Å². The zero-order valence-electron chi connectivity index (χ0n) is 11.4. The summed E-state index contributed by atoms with van der Waals surface area (Å²) < 4.78 is 12.8. The number of benzene rings is 1. The van der Waals surface area contributed by atoms with E-state index in [4.69, 9.17) is 26.8 Å². The maximum absolute atomic E-state index is 6.31. The summed E-state index contributed by atoms with van der Waals surface area (Å²) in [5.41, 5.74) is 7.40. The van der Waals surface area contributed by atoms with Gasteiger partial charge in [0.25, 0.3) is 0 Å². The Bertz CT molecular complexity index is 631. The normalized spacial score (nSPS) is 14.3. The van der Waals surface area contributed by atoms with Crippen LogP contribution < -0.4 is 15.2 Å². The van der Waals surface area contributed by atoms with E-state index in [0.29, 0.717) is 22.3 Å². The van der Waals surface area contributed by atoms with Crippen LogP contribution in [0.1, 0.15) is 12.8 Å². The smallest absolute Gasteiger partial charge is 0.180 e. The van der Waals surface area contributed by atoms with Crippen molar-refractivity contribution in [1.82, 2.24) is 9.78 Å². The minimum Gasteiger partial charge on any atom is -0.493 e. The average molecular weight is 294 g/mol. The van der Waals surface area contributed by atoms with Gasteiger partial charge in [-0.25, -0.2) is 0 Å². The van der Waals surface area contributed by atoms with E-state index in [-0.39, 0.29) is 6.10 Å². The number of methoxy groups -OCH3 is 1. The largest absolute Gasteiger partial charge is 0.493 e. The predicted molar refractivity (Wildman–Crippen MR) is 78.3 cm³/mol. The van der Waals surface area contributed by atoms with E-state index in [2.05, 4.69) is 5.10 Å². The zero-order chi connectivity index (χ0) is 14.3. The summed E-state index contributed by atoms with van der Waals surface area (Å²) in [6.07, 6.45) is 2.40. The molecule has 106 valence electrons. The molecule has 1 aliphatic rings. The highest BCUT2D eigenvalue weighted by Gasteiger charge is 2.26. The minimum absolute atomic E-state index is 0.262. The highest BCUT2D eigenvalue weighted by atomic mass is 35.5. The van der Waals surface area contributed by atoms with E-state index < -0.39 is 0 Å². The lowest BCUT2D eigenvalue weighted by Crippen LogP contribution is -2.00. The van der Waals surface area contributed by atoms with Gasteiger partial charge in [-0.1, -0.05) is 11.6 Å². The van der Waals surface area contributed by atoms with E-state index >= 15 is 0 Å². The monoisotopic (exact) mass is 293 g/mol. The molecule has 0 bridgehead atoms. The van der Waals surface area contributed by atoms with Crippen LogP contribution in [0.25, 0.3) is 11.3 Å². The van der Waals surface area contributed by atoms with E-state index in [1.165, 1.54) is 0 Å². The lowest BCUT2D eigenvalue weighted by molar-refractivity contribution is 0.282. The number of aryl methyl sites for hydroxylation is 1. The maximum Gasteiger partial charge on any atom is 0.180 e. The van der Waals surface area contributed by atoms with Crippen molar-refractivity contribution in [2.45, 2.75) is 18.9 Å². The molecule has 6 heteroatoms. The molecule has 1 fully saturated rings. The van der Waals surface area contributed by atoms with E-state index in [1.807, 2.05) is 12.1 Å². The van der Waals surface area contributed by atoms with Gasteiger partial charge in [-0.3, -0.25) is 4.68 Å². The number of aromatic nitrogens is 2. The van der Waals surface area contributed by atoms with Crippen LogP contribution >= 0.6 is 11.6 Å². The van der Waals surface area contributed by atoms with Gasteiger partial charge in [0.05, 0.1) is 23.9 Å². The van der Waals surface area contributed by atoms with Crippen molar-refractivity contribution in [2.75, 3.05) is 12.8 Å². The summed E-state index contributed by atoms with van der Waals surface area (Å²) in [4.78, 5) is 0. The molecule has 5 nitrogen and oxygen atoms in total. The molecule has 1 aliphatic carbocycles. The Labute approximate surface area is 122 Å². The molecule has 1 saturated carbocycles. The molecule has 0 saturated heterocycles. The highest BCUT2D eigenvalue weighted by Crippen LogP contribution is 2.42. The van der Waals surface area contributed by atoms with Crippen LogP contribution in [0.5, 0.6) is 11.5 Å². The van der Waals surface area contributed by atoms with Gasteiger partial charge in [0.15, 0.2) is 11.5 Å². The molecular formula is C14H16ClN3O2. The standard InChI is InChI=1S/C14H16ClN3O2/c1-18-13(16)7-11(17-18)8-5-10(15)14(12(6-8)19-2)20-9-3-4-9/h5-7,9H,3-4,16H2,1-2H3. The van der Waals surface area contributed by atoms with Crippen LogP contribution in [0, 0.1) is 0 Å². The highest BCUT2D eigenvalue weighted by molar-refractivity contribution is 6.32. The number of nitrogen functional groups attached to an aromatic ring is 1. The molecule has 2 aromatic rings. The van der Waals surface area contributed by atoms with E-state index in [9.17, 15) is 0 Å². The molecule has 0 aliphatic heterocycles. The number of hydrogen-bond donors (Lipinski definition) is 1. The van der Waals surface area contributed by atoms with Crippen LogP contribution in [0.2, 0.25) is 5.02 Å². The van der Waals surface area contributed by atoms with Crippen molar-refractivity contribution in [2.24, 2.45) is 7.05 Å². The van der Waals surface area contributed by atoms with Gasteiger partial charge in [-0.2, -0.15) is 5.10 Å². The molecular weight excluding hydrogens is 278 g/mol. The van der Waals surface area contributed by atoms with E-state index in [0.717, 1.165) is 24.1 Å². The third-order valence-electron chi connectivity index (χ3n) is 3.25. The fraction of sp³-hybridized carbons (Fsp3) is 0.357. The Morgan fingerprint density at radius 3 is 2.65 bits per heavy atom. The van der Waals surface area contributed by atoms with Gasteiger partial charge in [0.1, 0.15) is 5.82 Å². The number of ether oxygens (including phenoxy) is 2. The van der Waals surface area contributed by atoms with Crippen molar-refractivity contribution in [1.29, 1.82) is 0 Å². The lowest BCUT2D eigenvalue weighted by Gasteiger charge is -2.13. The quantitative estimate of drug-likeness (QED) is 0.941. The van der Waals surface area contributed by atoms with Crippen LogP contribution in [0.3, 0.4) is 0 Å². The van der Waals surface area contributed by atoms with Gasteiger partial charge in [0.2, 0.25) is 0 Å². The fourth-order valence-corrected chi connectivity index (χ4v) is 2.21. The molecule has 0 amide bonds. The second-order valence-corrected chi connectivity index (χ2v) is 5.29. The summed E-state index contributed by atoms with van der Waals surface area (Å²) >= 11 is 6.31. The Balaban J connectivity index is 2.02. The molecule has 20 heavy (non-hydrogen) atoms. The molecule has 3 rings (SSSR count). The van der Waals surface area contributed by atoms with Crippen molar-refractivity contribution in [3.63, 3.8) is 0 Å². The Morgan fingerprint density at radius 2 is 2.10 bits per heavy atom. The number of anilines is 1. The van der Waals surface area contributed by atoms with Gasteiger partial charge in [-0.05, 0) is 25.0 Å².